The van der Waals surface area contributed by atoms with Gasteiger partial charge in [0.2, 0.25) is 0 Å². The van der Waals surface area contributed by atoms with Crippen molar-refractivity contribution in [2.45, 2.75) is 16.6 Å². The zero-order chi connectivity index (χ0) is 11.4. The van der Waals surface area contributed by atoms with Crippen LogP contribution in [0, 0.1) is 11.3 Å². The van der Waals surface area contributed by atoms with Crippen molar-refractivity contribution in [2.24, 2.45) is 0 Å². The van der Waals surface area contributed by atoms with Gasteiger partial charge in [0.15, 0.2) is 0 Å². The van der Waals surface area contributed by atoms with Gasteiger partial charge in [-0.25, -0.2) is 0 Å². The second-order valence-electron chi connectivity index (χ2n) is 2.92. The van der Waals surface area contributed by atoms with Crippen LogP contribution in [0.1, 0.15) is 16.7 Å². The molecule has 0 radical (unpaired) electrons. The van der Waals surface area contributed by atoms with Gasteiger partial charge in [0, 0.05) is 10.2 Å². The first-order chi connectivity index (χ1) is 7.10. The maximum Gasteiger partial charge on any atom is 0.307 e. The molecule has 0 fully saturated rings. The van der Waals surface area contributed by atoms with Crippen molar-refractivity contribution in [3.05, 3.63) is 28.8 Å². The first kappa shape index (κ1) is 12.1. The first-order valence-corrected chi connectivity index (χ1v) is 5.68. The van der Waals surface area contributed by atoms with Gasteiger partial charge in [-0.2, -0.15) is 5.26 Å². The number of benzene rings is 1. The highest BCUT2D eigenvalue weighted by Gasteiger charge is 2.12. The average Bonchev–Trinajstić information content (AvgIpc) is 2.18. The molecule has 0 aliphatic carbocycles. The lowest BCUT2D eigenvalue weighted by Gasteiger charge is -2.07. The van der Waals surface area contributed by atoms with Crippen LogP contribution >= 0.6 is 28.6 Å². The molecule has 0 saturated heterocycles. The number of aliphatic carboxylic acids is 1. The molecule has 5 heteroatoms. The van der Waals surface area contributed by atoms with Crippen LogP contribution in [0.3, 0.4) is 0 Å². The number of nitriles is 1. The van der Waals surface area contributed by atoms with Gasteiger partial charge in [-0.15, -0.1) is 12.6 Å². The van der Waals surface area contributed by atoms with E-state index in [1.807, 2.05) is 6.07 Å². The van der Waals surface area contributed by atoms with E-state index in [4.69, 9.17) is 10.4 Å². The Morgan fingerprint density at radius 1 is 1.53 bits per heavy atom. The van der Waals surface area contributed by atoms with E-state index in [0.29, 0.717) is 21.4 Å². The van der Waals surface area contributed by atoms with E-state index in [2.05, 4.69) is 28.6 Å². The quantitative estimate of drug-likeness (QED) is 0.662. The number of hydrogen-bond donors (Lipinski definition) is 2. The molecule has 0 aromatic heterocycles. The number of carboxylic acid groups (broad SMARTS) is 1. The number of carbonyl (C=O) groups is 1. The maximum atomic E-state index is 10.6. The smallest absolute Gasteiger partial charge is 0.307 e. The summed E-state index contributed by atoms with van der Waals surface area (Å²) in [6.07, 6.45) is -0.154. The predicted octanol–water partition coefficient (Wildman–Crippen LogP) is 2.37. The minimum atomic E-state index is -0.953. The lowest BCUT2D eigenvalue weighted by atomic mass is 10.0. The Kier molecular flexibility index (Phi) is 4.18. The number of rotatable bonds is 3. The predicted molar refractivity (Wildman–Crippen MR) is 62.4 cm³/mol. The van der Waals surface area contributed by atoms with Crippen LogP contribution in [0.4, 0.5) is 0 Å². The van der Waals surface area contributed by atoms with Crippen molar-refractivity contribution < 1.29 is 9.90 Å². The summed E-state index contributed by atoms with van der Waals surface area (Å²) in [7, 11) is 0. The van der Waals surface area contributed by atoms with E-state index < -0.39 is 5.97 Å². The molecule has 0 saturated carbocycles. The van der Waals surface area contributed by atoms with Crippen LogP contribution in [-0.2, 0) is 16.5 Å². The van der Waals surface area contributed by atoms with Gasteiger partial charge in [0.05, 0.1) is 12.0 Å². The number of nitrogens with zero attached hydrogens (tertiary/aromatic N) is 1. The summed E-state index contributed by atoms with van der Waals surface area (Å²) < 4.78 is 0. The number of halogens is 1. The van der Waals surface area contributed by atoms with Gasteiger partial charge in [-0.3, -0.25) is 4.79 Å². The molecule has 15 heavy (non-hydrogen) atoms. The third-order valence-electron chi connectivity index (χ3n) is 1.95. The molecule has 1 N–H and O–H groups in total. The minimum absolute atomic E-state index is 0.154. The van der Waals surface area contributed by atoms with Gasteiger partial charge in [0.25, 0.3) is 0 Å². The summed E-state index contributed by atoms with van der Waals surface area (Å²) in [4.78, 5) is 11.1. The third kappa shape index (κ3) is 2.74. The Labute approximate surface area is 101 Å². The molecule has 0 heterocycles. The molecule has 1 rings (SSSR count). The zero-order valence-electron chi connectivity index (χ0n) is 7.70. The van der Waals surface area contributed by atoms with Crippen LogP contribution in [0.2, 0.25) is 0 Å². The average molecular weight is 286 g/mol. The fraction of sp³-hybridized carbons (Fsp3) is 0.200. The normalized spacial score (nSPS) is 9.67. The fourth-order valence-corrected chi connectivity index (χ4v) is 2.25. The summed E-state index contributed by atoms with van der Waals surface area (Å²) in [5.41, 5.74) is 1.72. The van der Waals surface area contributed by atoms with Gasteiger partial charge < -0.3 is 5.11 Å². The topological polar surface area (TPSA) is 61.1 Å². The van der Waals surface area contributed by atoms with Crippen molar-refractivity contribution in [2.75, 3.05) is 0 Å². The Morgan fingerprint density at radius 2 is 2.13 bits per heavy atom. The minimum Gasteiger partial charge on any atom is -0.481 e. The Balaban J connectivity index is 3.26. The SMILES string of the molecule is N#Cc1c(CC(=O)O)ccc(CBr)c1S. The second kappa shape index (κ2) is 5.19. The summed E-state index contributed by atoms with van der Waals surface area (Å²) in [5, 5.41) is 18.2. The molecule has 3 nitrogen and oxygen atoms in total. The zero-order valence-corrected chi connectivity index (χ0v) is 10.2. The number of hydrogen-bond acceptors (Lipinski definition) is 3. The standard InChI is InChI=1S/C10H8BrNO2S/c11-4-7-2-1-6(3-9(13)14)8(5-12)10(7)15/h1-2,15H,3-4H2,(H,13,14). The second-order valence-corrected chi connectivity index (χ2v) is 3.93. The molecule has 1 aromatic carbocycles. The van der Waals surface area contributed by atoms with Gasteiger partial charge in [-0.1, -0.05) is 28.1 Å². The monoisotopic (exact) mass is 285 g/mol. The van der Waals surface area contributed by atoms with Gasteiger partial charge in [-0.05, 0) is 11.1 Å². The Bertz CT molecular complexity index is 440. The summed E-state index contributed by atoms with van der Waals surface area (Å²) in [6, 6.07) is 5.41. The third-order valence-corrected chi connectivity index (χ3v) is 3.06. The summed E-state index contributed by atoms with van der Waals surface area (Å²) in [6.45, 7) is 0. The summed E-state index contributed by atoms with van der Waals surface area (Å²) >= 11 is 7.49. The molecule has 0 unspecified atom stereocenters. The maximum absolute atomic E-state index is 10.6. The molecule has 0 bridgehead atoms. The van der Waals surface area contributed by atoms with E-state index in [-0.39, 0.29) is 6.42 Å². The van der Waals surface area contributed by atoms with Crippen LogP contribution < -0.4 is 0 Å². The lowest BCUT2D eigenvalue weighted by Crippen LogP contribution is -2.03. The van der Waals surface area contributed by atoms with Crippen molar-refractivity contribution in [1.82, 2.24) is 0 Å². The lowest BCUT2D eigenvalue weighted by molar-refractivity contribution is -0.136. The fourth-order valence-electron chi connectivity index (χ4n) is 1.22. The molecule has 0 aliphatic rings. The summed E-state index contributed by atoms with van der Waals surface area (Å²) in [5.74, 6) is -0.953. The highest BCUT2D eigenvalue weighted by atomic mass is 79.9. The van der Waals surface area contributed by atoms with Crippen LogP contribution in [0.5, 0.6) is 0 Å². The molecule has 0 aliphatic heterocycles. The van der Waals surface area contributed by atoms with Crippen LogP contribution in [0.15, 0.2) is 17.0 Å². The van der Waals surface area contributed by atoms with E-state index in [9.17, 15) is 4.79 Å². The number of carboxylic acids is 1. The number of thiol groups is 1. The first-order valence-electron chi connectivity index (χ1n) is 4.11. The van der Waals surface area contributed by atoms with Crippen LogP contribution in [-0.4, -0.2) is 11.1 Å². The highest BCUT2D eigenvalue weighted by Crippen LogP contribution is 2.24. The van der Waals surface area contributed by atoms with E-state index in [1.165, 1.54) is 0 Å². The molecule has 0 atom stereocenters. The van der Waals surface area contributed by atoms with Crippen molar-refractivity contribution in [1.29, 1.82) is 5.26 Å². The van der Waals surface area contributed by atoms with Gasteiger partial charge >= 0.3 is 5.97 Å². The molecular formula is C10H8BrNO2S. The number of alkyl halides is 1. The molecule has 78 valence electrons. The van der Waals surface area contributed by atoms with Crippen molar-refractivity contribution in [3.8, 4) is 6.07 Å². The van der Waals surface area contributed by atoms with Crippen molar-refractivity contribution in [3.63, 3.8) is 0 Å². The molecule has 0 spiro atoms. The van der Waals surface area contributed by atoms with Crippen molar-refractivity contribution >= 4 is 34.5 Å². The largest absolute Gasteiger partial charge is 0.481 e. The van der Waals surface area contributed by atoms with E-state index >= 15 is 0 Å². The van der Waals surface area contributed by atoms with Crippen LogP contribution in [0.25, 0.3) is 0 Å². The van der Waals surface area contributed by atoms with E-state index in [0.717, 1.165) is 5.56 Å². The Hall–Kier alpha value is -0.990. The Morgan fingerprint density at radius 3 is 2.60 bits per heavy atom. The molecule has 0 amide bonds. The molecular weight excluding hydrogens is 278 g/mol. The van der Waals surface area contributed by atoms with Gasteiger partial charge in [0.1, 0.15) is 6.07 Å². The highest BCUT2D eigenvalue weighted by molar-refractivity contribution is 9.08. The van der Waals surface area contributed by atoms with E-state index in [1.54, 1.807) is 12.1 Å². The molecule has 1 aromatic rings.